The van der Waals surface area contributed by atoms with E-state index in [9.17, 15) is 32.3 Å². The van der Waals surface area contributed by atoms with E-state index in [0.29, 0.717) is 29.7 Å². The van der Waals surface area contributed by atoms with Crippen molar-refractivity contribution in [3.8, 4) is 11.1 Å². The van der Waals surface area contributed by atoms with E-state index < -0.39 is 54.3 Å². The number of rotatable bonds is 8. The zero-order valence-corrected chi connectivity index (χ0v) is 25.3. The van der Waals surface area contributed by atoms with Gasteiger partial charge in [0, 0.05) is 50.9 Å². The second kappa shape index (κ2) is 12.2. The van der Waals surface area contributed by atoms with Crippen LogP contribution in [0.2, 0.25) is 0 Å². The zero-order valence-electron chi connectivity index (χ0n) is 25.3. The zero-order chi connectivity index (χ0) is 32.7. The van der Waals surface area contributed by atoms with Crippen LogP contribution in [-0.2, 0) is 20.9 Å². The van der Waals surface area contributed by atoms with E-state index in [1.165, 1.54) is 21.9 Å². The van der Waals surface area contributed by atoms with E-state index in [1.54, 1.807) is 44.6 Å². The van der Waals surface area contributed by atoms with E-state index in [1.807, 2.05) is 12.1 Å². The van der Waals surface area contributed by atoms with Gasteiger partial charge in [-0.05, 0) is 84.8 Å². The van der Waals surface area contributed by atoms with Crippen molar-refractivity contribution in [2.24, 2.45) is 11.8 Å². The summed E-state index contributed by atoms with van der Waals surface area (Å²) < 4.78 is 46.1. The fraction of sp³-hybridized carbons (Fsp3) is 0.382. The normalized spacial score (nSPS) is 22.3. The van der Waals surface area contributed by atoms with Crippen LogP contribution in [-0.4, -0.2) is 65.2 Å². The molecule has 12 heteroatoms. The lowest BCUT2D eigenvalue weighted by Crippen LogP contribution is -2.45. The van der Waals surface area contributed by atoms with Gasteiger partial charge in [-0.2, -0.15) is 0 Å². The van der Waals surface area contributed by atoms with Crippen LogP contribution in [0.4, 0.5) is 18.9 Å². The third kappa shape index (κ3) is 6.33. The fourth-order valence-corrected chi connectivity index (χ4v) is 6.22. The summed E-state index contributed by atoms with van der Waals surface area (Å²) >= 11 is 0. The number of anilines is 1. The average molecular weight is 635 g/mol. The summed E-state index contributed by atoms with van der Waals surface area (Å²) in [6.07, 6.45) is 2.98. The summed E-state index contributed by atoms with van der Waals surface area (Å²) in [6, 6.07) is 11.9. The molecule has 1 atom stereocenters. The van der Waals surface area contributed by atoms with Crippen molar-refractivity contribution < 1.29 is 37.1 Å². The molecular formula is C34H33F3N4O5. The van der Waals surface area contributed by atoms with E-state index in [0.717, 1.165) is 17.2 Å². The number of hydrogen-bond acceptors (Lipinski definition) is 6. The number of aromatic nitrogens is 1. The molecule has 46 heavy (non-hydrogen) atoms. The van der Waals surface area contributed by atoms with Gasteiger partial charge in [0.1, 0.15) is 18.0 Å². The Bertz CT molecular complexity index is 1690. The summed E-state index contributed by atoms with van der Waals surface area (Å²) in [5.41, 5.74) is 2.87. The summed E-state index contributed by atoms with van der Waals surface area (Å²) in [6.45, 7) is 1.77. The number of benzene rings is 2. The Hall–Kier alpha value is -4.74. The molecule has 2 aliphatic carbocycles. The highest BCUT2D eigenvalue weighted by Gasteiger charge is 2.50. The number of alkyl halides is 2. The molecule has 9 nitrogen and oxygen atoms in total. The average Bonchev–Trinajstić information content (AvgIpc) is 3.06. The van der Waals surface area contributed by atoms with Crippen LogP contribution in [0, 0.1) is 17.7 Å². The molecular weight excluding hydrogens is 601 g/mol. The lowest BCUT2D eigenvalue weighted by atomic mass is 9.80. The molecule has 2 aromatic carbocycles. The Morgan fingerprint density at radius 3 is 2.43 bits per heavy atom. The molecule has 3 aromatic rings. The van der Waals surface area contributed by atoms with Gasteiger partial charge in [0.15, 0.2) is 0 Å². The molecule has 1 aromatic heterocycles. The largest absolute Gasteiger partial charge is 0.462 e. The minimum atomic E-state index is -2.79. The first-order valence-electron chi connectivity index (χ1n) is 15.2. The van der Waals surface area contributed by atoms with Gasteiger partial charge in [-0.1, -0.05) is 6.07 Å². The second-order valence-electron chi connectivity index (χ2n) is 12.4. The third-order valence-corrected chi connectivity index (χ3v) is 9.04. The van der Waals surface area contributed by atoms with Crippen molar-refractivity contribution in [2.75, 3.05) is 18.5 Å². The first kappa shape index (κ1) is 31.3. The molecule has 1 aliphatic heterocycles. The first-order valence-corrected chi connectivity index (χ1v) is 15.2. The Morgan fingerprint density at radius 1 is 1.02 bits per heavy atom. The highest BCUT2D eigenvalue weighted by Crippen LogP contribution is 2.44. The van der Waals surface area contributed by atoms with E-state index in [-0.39, 0.29) is 36.6 Å². The topological polar surface area (TPSA) is 109 Å². The van der Waals surface area contributed by atoms with Gasteiger partial charge in [0.05, 0.1) is 17.2 Å². The number of hydrogen-bond donors (Lipinski definition) is 1. The Labute approximate surface area is 263 Å². The SMILES string of the molecule is C[C@@H]1C(=O)N(C)c2cc(-c3ccncc3)ccc2C(=O)N1Cc1cc(F)cc(C(=O)NCC2CC(OC(=O)C3CC(F)(F)C3)C2)c1. The molecule has 2 heterocycles. The lowest BCUT2D eigenvalue weighted by molar-refractivity contribution is -0.182. The quantitative estimate of drug-likeness (QED) is 0.350. The number of pyridine rings is 1. The van der Waals surface area contributed by atoms with E-state index in [2.05, 4.69) is 10.3 Å². The van der Waals surface area contributed by atoms with Gasteiger partial charge in [0.2, 0.25) is 11.8 Å². The van der Waals surface area contributed by atoms with Gasteiger partial charge >= 0.3 is 5.97 Å². The first-order chi connectivity index (χ1) is 21.9. The number of nitrogens with one attached hydrogen (secondary N) is 1. The van der Waals surface area contributed by atoms with Gasteiger partial charge in [-0.3, -0.25) is 24.2 Å². The number of carbonyl (C=O) groups is 4. The monoisotopic (exact) mass is 634 g/mol. The second-order valence-corrected chi connectivity index (χ2v) is 12.4. The highest BCUT2D eigenvalue weighted by atomic mass is 19.3. The summed E-state index contributed by atoms with van der Waals surface area (Å²) in [5, 5.41) is 2.77. The minimum absolute atomic E-state index is 0.0234. The van der Waals surface area contributed by atoms with Gasteiger partial charge in [0.25, 0.3) is 11.8 Å². The Balaban J connectivity index is 1.09. The number of ether oxygens (including phenoxy) is 1. The summed E-state index contributed by atoms with van der Waals surface area (Å²) in [5.74, 6) is -6.03. The maximum absolute atomic E-state index is 14.7. The summed E-state index contributed by atoms with van der Waals surface area (Å²) in [7, 11) is 1.61. The summed E-state index contributed by atoms with van der Waals surface area (Å²) in [4.78, 5) is 59.0. The van der Waals surface area contributed by atoms with Gasteiger partial charge < -0.3 is 19.9 Å². The molecule has 3 amide bonds. The van der Waals surface area contributed by atoms with Gasteiger partial charge in [-0.15, -0.1) is 0 Å². The molecule has 2 saturated carbocycles. The van der Waals surface area contributed by atoms with Crippen molar-refractivity contribution in [1.82, 2.24) is 15.2 Å². The molecule has 2 fully saturated rings. The third-order valence-electron chi connectivity index (χ3n) is 9.04. The molecule has 1 N–H and O–H groups in total. The Morgan fingerprint density at radius 2 is 1.74 bits per heavy atom. The number of amides is 3. The van der Waals surface area contributed by atoms with Crippen LogP contribution >= 0.6 is 0 Å². The van der Waals surface area contributed by atoms with Crippen LogP contribution < -0.4 is 10.2 Å². The van der Waals surface area contributed by atoms with Crippen molar-refractivity contribution in [1.29, 1.82) is 0 Å². The van der Waals surface area contributed by atoms with E-state index in [4.69, 9.17) is 4.74 Å². The number of nitrogens with zero attached hydrogens (tertiary/aromatic N) is 3. The molecule has 6 rings (SSSR count). The van der Waals surface area contributed by atoms with Crippen molar-refractivity contribution in [3.05, 3.63) is 83.4 Å². The predicted octanol–water partition coefficient (Wildman–Crippen LogP) is 4.99. The predicted molar refractivity (Wildman–Crippen MR) is 161 cm³/mol. The van der Waals surface area contributed by atoms with Crippen LogP contribution in [0.1, 0.15) is 58.9 Å². The van der Waals surface area contributed by atoms with Crippen molar-refractivity contribution >= 4 is 29.4 Å². The highest BCUT2D eigenvalue weighted by molar-refractivity contribution is 6.11. The van der Waals surface area contributed by atoms with Gasteiger partial charge in [-0.25, -0.2) is 13.2 Å². The maximum Gasteiger partial charge on any atom is 0.309 e. The molecule has 240 valence electrons. The molecule has 0 spiro atoms. The van der Waals surface area contributed by atoms with E-state index >= 15 is 0 Å². The lowest BCUT2D eigenvalue weighted by Gasteiger charge is -2.38. The Kier molecular flexibility index (Phi) is 8.30. The smallest absolute Gasteiger partial charge is 0.309 e. The van der Waals surface area contributed by atoms with Crippen molar-refractivity contribution in [2.45, 2.75) is 57.2 Å². The minimum Gasteiger partial charge on any atom is -0.462 e. The molecule has 0 bridgehead atoms. The number of esters is 1. The van der Waals surface area contributed by atoms with Crippen LogP contribution in [0.5, 0.6) is 0 Å². The number of likely N-dealkylation sites (N-methyl/N-ethyl adjacent to an activating group) is 1. The number of fused-ring (bicyclic) bond motifs is 1. The van der Waals surface area contributed by atoms with Crippen LogP contribution in [0.15, 0.2) is 60.9 Å². The van der Waals surface area contributed by atoms with Crippen molar-refractivity contribution in [3.63, 3.8) is 0 Å². The van der Waals surface area contributed by atoms with Crippen LogP contribution in [0.3, 0.4) is 0 Å². The maximum atomic E-state index is 14.7. The molecule has 3 aliphatic rings. The fourth-order valence-electron chi connectivity index (χ4n) is 6.22. The number of halogens is 3. The van der Waals surface area contributed by atoms with Crippen LogP contribution in [0.25, 0.3) is 11.1 Å². The number of carbonyl (C=O) groups excluding carboxylic acids is 4. The molecule has 0 radical (unpaired) electrons. The molecule has 0 unspecified atom stereocenters. The standard InChI is InChI=1S/C34H33F3N4O5/c1-19-31(43)40(2)29-14-23(22-5-7-38-8-6-22)3-4-28(29)32(44)41(19)18-21-9-24(13-26(35)10-21)30(42)39-17-20-11-27(12-20)46-33(45)25-15-34(36,37)16-25/h3-10,13-14,19-20,25,27H,11-12,15-18H2,1-2H3,(H,39,42)/t19-,20?,27?/m1/s1. The molecule has 0 saturated heterocycles.